The van der Waals surface area contributed by atoms with Crippen LogP contribution >= 0.6 is 11.8 Å². The first kappa shape index (κ1) is 20.6. The first-order valence-electron chi connectivity index (χ1n) is 8.99. The van der Waals surface area contributed by atoms with E-state index in [4.69, 9.17) is 4.74 Å². The zero-order valence-electron chi connectivity index (χ0n) is 16.1. The normalized spacial score (nSPS) is 11.1. The van der Waals surface area contributed by atoms with Crippen molar-refractivity contribution in [2.75, 3.05) is 12.3 Å². The molecule has 0 atom stereocenters. The zero-order valence-corrected chi connectivity index (χ0v) is 16.9. The van der Waals surface area contributed by atoms with Crippen LogP contribution in [-0.4, -0.2) is 49.4 Å². The molecule has 2 aromatic heterocycles. The minimum Gasteiger partial charge on any atom is -0.462 e. The summed E-state index contributed by atoms with van der Waals surface area (Å²) in [5.74, 6) is -0.427. The second-order valence-corrected chi connectivity index (χ2v) is 7.39. The number of aromatic nitrogens is 4. The predicted octanol–water partition coefficient (Wildman–Crippen LogP) is 1.39. The zero-order chi connectivity index (χ0) is 21.0. The van der Waals surface area contributed by atoms with Gasteiger partial charge in [-0.05, 0) is 26.0 Å². The molecule has 29 heavy (non-hydrogen) atoms. The van der Waals surface area contributed by atoms with Crippen molar-refractivity contribution in [1.29, 1.82) is 0 Å². The minimum atomic E-state index is -0.495. The van der Waals surface area contributed by atoms with Gasteiger partial charge in [-0.25, -0.2) is 0 Å². The molecule has 0 aliphatic carbocycles. The van der Waals surface area contributed by atoms with Crippen molar-refractivity contribution in [3.8, 4) is 0 Å². The molecule has 0 spiro atoms. The van der Waals surface area contributed by atoms with Crippen LogP contribution in [0.1, 0.15) is 13.8 Å². The van der Waals surface area contributed by atoms with Crippen LogP contribution in [0, 0.1) is 0 Å². The van der Waals surface area contributed by atoms with Crippen LogP contribution < -0.4 is 10.9 Å². The maximum atomic E-state index is 12.8. The number of hydrogen-bond donors (Lipinski definition) is 1. The van der Waals surface area contributed by atoms with Gasteiger partial charge in [-0.3, -0.25) is 23.4 Å². The van der Waals surface area contributed by atoms with Crippen molar-refractivity contribution in [1.82, 2.24) is 24.5 Å². The van der Waals surface area contributed by atoms with Crippen LogP contribution in [0.3, 0.4) is 0 Å². The highest BCUT2D eigenvalue weighted by Crippen LogP contribution is 2.21. The summed E-state index contributed by atoms with van der Waals surface area (Å²) in [6.07, 6.45) is 1.37. The van der Waals surface area contributed by atoms with E-state index in [9.17, 15) is 14.4 Å². The van der Waals surface area contributed by atoms with Crippen LogP contribution in [0.5, 0.6) is 0 Å². The van der Waals surface area contributed by atoms with Crippen molar-refractivity contribution in [2.45, 2.75) is 31.7 Å². The molecule has 0 saturated heterocycles. The van der Waals surface area contributed by atoms with Gasteiger partial charge < -0.3 is 10.1 Å². The molecule has 0 aliphatic rings. The summed E-state index contributed by atoms with van der Waals surface area (Å²) in [7, 11) is 0. The van der Waals surface area contributed by atoms with Gasteiger partial charge in [-0.15, -0.1) is 16.8 Å². The molecule has 10 heteroatoms. The average Bonchev–Trinajstić information content (AvgIpc) is 3.11. The predicted molar refractivity (Wildman–Crippen MR) is 110 cm³/mol. The Labute approximate surface area is 170 Å². The highest BCUT2D eigenvalue weighted by Gasteiger charge is 2.17. The van der Waals surface area contributed by atoms with Crippen LogP contribution in [0.15, 0.2) is 46.9 Å². The average molecular weight is 415 g/mol. The van der Waals surface area contributed by atoms with Crippen molar-refractivity contribution in [2.24, 2.45) is 0 Å². The topological polar surface area (TPSA) is 108 Å². The Morgan fingerprint density at radius 1 is 1.31 bits per heavy atom. The Balaban J connectivity index is 1.84. The maximum absolute atomic E-state index is 12.8. The van der Waals surface area contributed by atoms with Crippen molar-refractivity contribution < 1.29 is 14.3 Å². The first-order valence-corrected chi connectivity index (χ1v) is 9.97. The molecule has 0 bridgehead atoms. The highest BCUT2D eigenvalue weighted by molar-refractivity contribution is 7.99. The van der Waals surface area contributed by atoms with E-state index in [1.165, 1.54) is 4.57 Å². The third kappa shape index (κ3) is 4.48. The largest absolute Gasteiger partial charge is 0.462 e. The number of rotatable bonds is 8. The van der Waals surface area contributed by atoms with E-state index in [2.05, 4.69) is 22.1 Å². The van der Waals surface area contributed by atoms with Crippen LogP contribution in [-0.2, 0) is 20.9 Å². The molecular formula is C19H21N5O4S. The monoisotopic (exact) mass is 415 g/mol. The lowest BCUT2D eigenvalue weighted by Gasteiger charge is -2.10. The van der Waals surface area contributed by atoms with E-state index >= 15 is 0 Å². The Kier molecular flexibility index (Phi) is 6.32. The lowest BCUT2D eigenvalue weighted by Crippen LogP contribution is -2.32. The van der Waals surface area contributed by atoms with Crippen molar-refractivity contribution >= 4 is 40.3 Å². The summed E-state index contributed by atoms with van der Waals surface area (Å²) in [4.78, 5) is 36.4. The Morgan fingerprint density at radius 3 is 2.79 bits per heavy atom. The third-order valence-electron chi connectivity index (χ3n) is 3.92. The smallest absolute Gasteiger partial charge is 0.325 e. The summed E-state index contributed by atoms with van der Waals surface area (Å²) in [6.45, 7) is 7.26. The number of esters is 1. The Hall–Kier alpha value is -3.14. The van der Waals surface area contributed by atoms with E-state index in [0.717, 1.165) is 11.8 Å². The quantitative estimate of drug-likeness (QED) is 0.336. The molecule has 9 nitrogen and oxygen atoms in total. The number of carbonyl (C=O) groups is 2. The lowest BCUT2D eigenvalue weighted by atomic mass is 10.2. The van der Waals surface area contributed by atoms with Gasteiger partial charge in [0.15, 0.2) is 5.16 Å². The number of carbonyl (C=O) groups excluding carboxylic acids is 2. The summed E-state index contributed by atoms with van der Waals surface area (Å²) in [6, 6.07) is 7.14. The molecule has 2 heterocycles. The van der Waals surface area contributed by atoms with E-state index in [-0.39, 0.29) is 36.4 Å². The summed E-state index contributed by atoms with van der Waals surface area (Å²) >= 11 is 1.16. The molecule has 1 aromatic carbocycles. The standard InChI is InChI=1S/C19H21N5O4S/c1-4-9-23-17(27)13-7-5-6-8-14(13)24-18(23)21-22-19(24)29-11-15(25)20-10-16(26)28-12(2)3/h4-8,12H,1,9-11H2,2-3H3,(H,20,25). The molecule has 1 amide bonds. The number of ether oxygens (including phenoxy) is 1. The van der Waals surface area contributed by atoms with Gasteiger partial charge in [-0.2, -0.15) is 0 Å². The number of thioether (sulfide) groups is 1. The Morgan fingerprint density at radius 2 is 2.07 bits per heavy atom. The molecule has 3 aromatic rings. The second kappa shape index (κ2) is 8.91. The molecule has 0 radical (unpaired) electrons. The SMILES string of the molecule is C=CCn1c(=O)c2ccccc2n2c(SCC(=O)NCC(=O)OC(C)C)nnc12. The fourth-order valence-electron chi connectivity index (χ4n) is 2.78. The number of nitrogens with one attached hydrogen (secondary N) is 1. The molecular weight excluding hydrogens is 394 g/mol. The molecule has 0 aliphatic heterocycles. The summed E-state index contributed by atoms with van der Waals surface area (Å²) in [5.41, 5.74) is 0.472. The summed E-state index contributed by atoms with van der Waals surface area (Å²) < 4.78 is 8.20. The molecule has 0 unspecified atom stereocenters. The summed E-state index contributed by atoms with van der Waals surface area (Å²) in [5, 5.41) is 11.8. The number of amides is 1. The van der Waals surface area contributed by atoms with Crippen molar-refractivity contribution in [3.05, 3.63) is 47.3 Å². The highest BCUT2D eigenvalue weighted by atomic mass is 32.2. The number of hydrogen-bond acceptors (Lipinski definition) is 7. The van der Waals surface area contributed by atoms with Gasteiger partial charge >= 0.3 is 5.97 Å². The van der Waals surface area contributed by atoms with Crippen molar-refractivity contribution in [3.63, 3.8) is 0 Å². The molecule has 152 valence electrons. The second-order valence-electron chi connectivity index (χ2n) is 6.44. The molecule has 0 saturated carbocycles. The van der Waals surface area contributed by atoms with Crippen LogP contribution in [0.2, 0.25) is 0 Å². The molecule has 3 rings (SSSR count). The van der Waals surface area contributed by atoms with Gasteiger partial charge in [0.25, 0.3) is 5.56 Å². The van der Waals surface area contributed by atoms with Gasteiger partial charge in [-0.1, -0.05) is 30.0 Å². The van der Waals surface area contributed by atoms with Gasteiger partial charge in [0.2, 0.25) is 11.7 Å². The van der Waals surface area contributed by atoms with Crippen LogP contribution in [0.4, 0.5) is 0 Å². The van der Waals surface area contributed by atoms with E-state index < -0.39 is 5.97 Å². The lowest BCUT2D eigenvalue weighted by molar-refractivity contribution is -0.147. The maximum Gasteiger partial charge on any atom is 0.325 e. The van der Waals surface area contributed by atoms with Crippen LogP contribution in [0.25, 0.3) is 16.7 Å². The van der Waals surface area contributed by atoms with E-state index in [1.54, 1.807) is 42.5 Å². The number of nitrogens with zero attached hydrogens (tertiary/aromatic N) is 4. The molecule has 1 N–H and O–H groups in total. The first-order chi connectivity index (χ1) is 13.9. The molecule has 0 fully saturated rings. The number of para-hydroxylation sites is 1. The third-order valence-corrected chi connectivity index (χ3v) is 4.85. The van der Waals surface area contributed by atoms with E-state index in [1.807, 2.05) is 6.07 Å². The number of benzene rings is 1. The number of allylic oxidation sites excluding steroid dienone is 1. The fourth-order valence-corrected chi connectivity index (χ4v) is 3.55. The van der Waals surface area contributed by atoms with Gasteiger partial charge in [0.05, 0.1) is 22.8 Å². The Bertz CT molecular complexity index is 1130. The number of fused-ring (bicyclic) bond motifs is 3. The van der Waals surface area contributed by atoms with Gasteiger partial charge in [0, 0.05) is 6.54 Å². The van der Waals surface area contributed by atoms with Gasteiger partial charge in [0.1, 0.15) is 6.54 Å². The van der Waals surface area contributed by atoms with E-state index in [0.29, 0.717) is 21.8 Å². The fraction of sp³-hybridized carbons (Fsp3) is 0.316. The minimum absolute atomic E-state index is 0.0324.